The van der Waals surface area contributed by atoms with Gasteiger partial charge in [-0.2, -0.15) is 11.3 Å². The number of fused-ring (bicyclic) bond motifs is 1. The van der Waals surface area contributed by atoms with Crippen LogP contribution in [-0.2, 0) is 19.5 Å². The van der Waals surface area contributed by atoms with E-state index in [2.05, 4.69) is 43.8 Å². The Kier molecular flexibility index (Phi) is 5.21. The van der Waals surface area contributed by atoms with Crippen LogP contribution in [-0.4, -0.2) is 26.4 Å². The summed E-state index contributed by atoms with van der Waals surface area (Å²) in [5.74, 6) is 0.595. The van der Waals surface area contributed by atoms with E-state index in [1.165, 1.54) is 0 Å². The fourth-order valence-electron chi connectivity index (χ4n) is 3.72. The molecule has 0 aliphatic carbocycles. The minimum absolute atomic E-state index is 0.0689. The molecular formula is C23H19ClN4OS. The Bertz CT molecular complexity index is 1220. The molecule has 0 spiro atoms. The second-order valence-electron chi connectivity index (χ2n) is 7.37. The van der Waals surface area contributed by atoms with Crippen molar-refractivity contribution in [1.29, 1.82) is 0 Å². The first-order valence-corrected chi connectivity index (χ1v) is 11.1. The lowest BCUT2D eigenvalue weighted by molar-refractivity contribution is 0.241. The molecular weight excluding hydrogens is 416 g/mol. The molecule has 150 valence electrons. The van der Waals surface area contributed by atoms with Gasteiger partial charge in [0.1, 0.15) is 5.82 Å². The SMILES string of the molecule is O=c1[nH]c(-c2ccc(Cl)cc2)nc2c1CN(Cc1ccc(-c3ccsc3)nc1)CC2. The lowest BCUT2D eigenvalue weighted by Gasteiger charge is -2.27. The van der Waals surface area contributed by atoms with Crippen molar-refractivity contribution >= 4 is 22.9 Å². The Morgan fingerprint density at radius 1 is 1.10 bits per heavy atom. The summed E-state index contributed by atoms with van der Waals surface area (Å²) in [5, 5.41) is 4.81. The molecule has 3 aromatic heterocycles. The summed E-state index contributed by atoms with van der Waals surface area (Å²) < 4.78 is 0. The molecule has 0 saturated heterocycles. The van der Waals surface area contributed by atoms with Gasteiger partial charge in [0, 0.05) is 53.8 Å². The molecule has 4 aromatic rings. The smallest absolute Gasteiger partial charge is 0.255 e. The number of aromatic amines is 1. The van der Waals surface area contributed by atoms with Crippen LogP contribution in [0, 0.1) is 0 Å². The molecule has 1 aromatic carbocycles. The summed E-state index contributed by atoms with van der Waals surface area (Å²) in [6.07, 6.45) is 2.68. The monoisotopic (exact) mass is 434 g/mol. The standard InChI is InChI=1S/C23H19ClN4OS/c24-18-4-2-16(3-5-18)22-26-21-7-9-28(13-19(21)23(29)27-22)12-15-1-6-20(25-11-15)17-8-10-30-14-17/h1-6,8,10-11,14H,7,9,12-13H2,(H,26,27,29). The number of nitrogens with zero attached hydrogens (tertiary/aromatic N) is 3. The normalized spacial score (nSPS) is 13.9. The number of rotatable bonds is 4. The van der Waals surface area contributed by atoms with E-state index in [0.717, 1.165) is 53.2 Å². The number of pyridine rings is 1. The number of benzene rings is 1. The van der Waals surface area contributed by atoms with Crippen LogP contribution in [0.1, 0.15) is 16.8 Å². The molecule has 0 radical (unpaired) electrons. The fourth-order valence-corrected chi connectivity index (χ4v) is 4.49. The van der Waals surface area contributed by atoms with Crippen molar-refractivity contribution in [2.24, 2.45) is 0 Å². The maximum atomic E-state index is 12.7. The number of hydrogen-bond acceptors (Lipinski definition) is 5. The zero-order valence-corrected chi connectivity index (χ0v) is 17.7. The number of thiophene rings is 1. The largest absolute Gasteiger partial charge is 0.306 e. The van der Waals surface area contributed by atoms with Gasteiger partial charge in [-0.1, -0.05) is 17.7 Å². The summed E-state index contributed by atoms with van der Waals surface area (Å²) in [6.45, 7) is 2.20. The Morgan fingerprint density at radius 2 is 1.97 bits per heavy atom. The quantitative estimate of drug-likeness (QED) is 0.502. The molecule has 1 aliphatic heterocycles. The van der Waals surface area contributed by atoms with E-state index < -0.39 is 0 Å². The minimum atomic E-state index is -0.0689. The Labute approximate surface area is 183 Å². The van der Waals surface area contributed by atoms with E-state index in [0.29, 0.717) is 17.4 Å². The van der Waals surface area contributed by atoms with Gasteiger partial charge in [0.25, 0.3) is 5.56 Å². The second-order valence-corrected chi connectivity index (χ2v) is 8.59. The van der Waals surface area contributed by atoms with Gasteiger partial charge in [-0.05, 0) is 47.3 Å². The van der Waals surface area contributed by atoms with Gasteiger partial charge in [-0.3, -0.25) is 14.7 Å². The summed E-state index contributed by atoms with van der Waals surface area (Å²) in [4.78, 5) is 27.2. The van der Waals surface area contributed by atoms with Crippen molar-refractivity contribution in [2.45, 2.75) is 19.5 Å². The van der Waals surface area contributed by atoms with Gasteiger partial charge in [0.2, 0.25) is 0 Å². The van der Waals surface area contributed by atoms with Crippen molar-refractivity contribution < 1.29 is 0 Å². The molecule has 5 nitrogen and oxygen atoms in total. The van der Waals surface area contributed by atoms with Crippen molar-refractivity contribution in [1.82, 2.24) is 19.9 Å². The second kappa shape index (κ2) is 8.14. The van der Waals surface area contributed by atoms with Crippen LogP contribution in [0.25, 0.3) is 22.6 Å². The van der Waals surface area contributed by atoms with E-state index in [9.17, 15) is 4.79 Å². The third-order valence-electron chi connectivity index (χ3n) is 5.31. The molecule has 5 rings (SSSR count). The van der Waals surface area contributed by atoms with Crippen LogP contribution in [0.3, 0.4) is 0 Å². The van der Waals surface area contributed by atoms with Gasteiger partial charge in [-0.25, -0.2) is 4.98 Å². The van der Waals surface area contributed by atoms with E-state index in [-0.39, 0.29) is 5.56 Å². The number of hydrogen-bond donors (Lipinski definition) is 1. The van der Waals surface area contributed by atoms with E-state index in [4.69, 9.17) is 16.6 Å². The van der Waals surface area contributed by atoms with E-state index in [1.807, 2.05) is 18.3 Å². The first-order chi connectivity index (χ1) is 14.7. The maximum absolute atomic E-state index is 12.7. The lowest BCUT2D eigenvalue weighted by atomic mass is 10.1. The Hall–Kier alpha value is -2.80. The van der Waals surface area contributed by atoms with Gasteiger partial charge in [0.15, 0.2) is 0 Å². The van der Waals surface area contributed by atoms with Crippen LogP contribution in [0.2, 0.25) is 5.02 Å². The molecule has 0 amide bonds. The van der Waals surface area contributed by atoms with Crippen LogP contribution < -0.4 is 5.56 Å². The van der Waals surface area contributed by atoms with Crippen LogP contribution in [0.15, 0.2) is 64.2 Å². The maximum Gasteiger partial charge on any atom is 0.255 e. The third kappa shape index (κ3) is 3.94. The molecule has 0 unspecified atom stereocenters. The molecule has 1 aliphatic rings. The molecule has 0 fully saturated rings. The topological polar surface area (TPSA) is 61.9 Å². The number of halogens is 1. The van der Waals surface area contributed by atoms with E-state index in [1.54, 1.807) is 23.5 Å². The first kappa shape index (κ1) is 19.2. The van der Waals surface area contributed by atoms with Gasteiger partial charge < -0.3 is 4.98 Å². The van der Waals surface area contributed by atoms with Crippen LogP contribution in [0.4, 0.5) is 0 Å². The van der Waals surface area contributed by atoms with Crippen molar-refractivity contribution in [2.75, 3.05) is 6.54 Å². The van der Waals surface area contributed by atoms with Crippen molar-refractivity contribution in [3.05, 3.63) is 91.6 Å². The molecule has 1 N–H and O–H groups in total. The average molecular weight is 435 g/mol. The number of H-pyrrole nitrogens is 1. The highest BCUT2D eigenvalue weighted by atomic mass is 35.5. The summed E-state index contributed by atoms with van der Waals surface area (Å²) in [5.41, 5.74) is 5.69. The highest BCUT2D eigenvalue weighted by Crippen LogP contribution is 2.23. The summed E-state index contributed by atoms with van der Waals surface area (Å²) >= 11 is 7.63. The summed E-state index contributed by atoms with van der Waals surface area (Å²) in [7, 11) is 0. The van der Waals surface area contributed by atoms with E-state index >= 15 is 0 Å². The van der Waals surface area contributed by atoms with Crippen LogP contribution >= 0.6 is 22.9 Å². The van der Waals surface area contributed by atoms with Gasteiger partial charge in [-0.15, -0.1) is 0 Å². The zero-order valence-electron chi connectivity index (χ0n) is 16.1. The molecule has 0 bridgehead atoms. The minimum Gasteiger partial charge on any atom is -0.306 e. The number of aromatic nitrogens is 3. The number of nitrogens with one attached hydrogen (secondary N) is 1. The van der Waals surface area contributed by atoms with Gasteiger partial charge in [0.05, 0.1) is 17.0 Å². The molecule has 7 heteroatoms. The zero-order chi connectivity index (χ0) is 20.5. The molecule has 0 saturated carbocycles. The fraction of sp³-hybridized carbons (Fsp3) is 0.174. The van der Waals surface area contributed by atoms with Gasteiger partial charge >= 0.3 is 0 Å². The molecule has 30 heavy (non-hydrogen) atoms. The Balaban J connectivity index is 1.32. The molecule has 4 heterocycles. The predicted molar refractivity (Wildman–Crippen MR) is 121 cm³/mol. The first-order valence-electron chi connectivity index (χ1n) is 9.73. The van der Waals surface area contributed by atoms with Crippen molar-refractivity contribution in [3.8, 4) is 22.6 Å². The average Bonchev–Trinajstić information content (AvgIpc) is 3.30. The highest BCUT2D eigenvalue weighted by Gasteiger charge is 2.21. The molecule has 0 atom stereocenters. The van der Waals surface area contributed by atoms with Crippen LogP contribution in [0.5, 0.6) is 0 Å². The van der Waals surface area contributed by atoms with Crippen molar-refractivity contribution in [3.63, 3.8) is 0 Å². The predicted octanol–water partition coefficient (Wildman–Crippen LogP) is 4.77. The highest BCUT2D eigenvalue weighted by molar-refractivity contribution is 7.08. The third-order valence-corrected chi connectivity index (χ3v) is 6.25. The summed E-state index contributed by atoms with van der Waals surface area (Å²) in [6, 6.07) is 13.6. The lowest BCUT2D eigenvalue weighted by Crippen LogP contribution is -2.35. The Morgan fingerprint density at radius 3 is 2.70 bits per heavy atom.